The lowest BCUT2D eigenvalue weighted by atomic mass is 10.2. The van der Waals surface area contributed by atoms with E-state index >= 15 is 0 Å². The molecule has 1 radical (unpaired) electrons. The number of rotatable bonds is 0. The van der Waals surface area contributed by atoms with Gasteiger partial charge in [0.15, 0.2) is 0 Å². The summed E-state index contributed by atoms with van der Waals surface area (Å²) >= 11 is 0. The number of allylic oxidation sites excluding steroid dienone is 2. The summed E-state index contributed by atoms with van der Waals surface area (Å²) in [6, 6.07) is 1.72. The van der Waals surface area contributed by atoms with Gasteiger partial charge in [-0.3, -0.25) is 4.79 Å². The van der Waals surface area contributed by atoms with Crippen molar-refractivity contribution in [3.63, 3.8) is 0 Å². The molecule has 0 fully saturated rings. The first-order valence-corrected chi connectivity index (χ1v) is 2.36. The van der Waals surface area contributed by atoms with Crippen LogP contribution in [0.5, 0.6) is 0 Å². The van der Waals surface area contributed by atoms with Crippen molar-refractivity contribution in [2.75, 3.05) is 0 Å². The van der Waals surface area contributed by atoms with Crippen LogP contribution in [0.15, 0.2) is 23.9 Å². The van der Waals surface area contributed by atoms with E-state index < -0.39 is 5.91 Å². The molecule has 43 valence electrons. The van der Waals surface area contributed by atoms with Gasteiger partial charge in [-0.15, -0.1) is 0 Å². The average molecular weight is 119 g/mol. The molecule has 1 aliphatic rings. The molecule has 0 aromatic rings. The molecule has 0 bridgehead atoms. The summed E-state index contributed by atoms with van der Waals surface area (Å²) < 4.78 is 0. The first-order valence-electron chi connectivity index (χ1n) is 2.36. The number of hydrogen-bond donors (Lipinski definition) is 0. The minimum atomic E-state index is -0.458. The lowest BCUT2D eigenvalue weighted by Gasteiger charge is -1.95. The number of nitrogens with zero attached hydrogens (tertiary/aromatic N) is 2. The maximum absolute atomic E-state index is 10.5. The molecule has 0 aromatic carbocycles. The molecule has 1 aliphatic heterocycles. The van der Waals surface area contributed by atoms with E-state index in [1.807, 2.05) is 0 Å². The lowest BCUT2D eigenvalue weighted by Crippen LogP contribution is -2.13. The van der Waals surface area contributed by atoms with Crippen molar-refractivity contribution in [3.05, 3.63) is 23.9 Å². The van der Waals surface area contributed by atoms with Crippen molar-refractivity contribution in [2.45, 2.75) is 0 Å². The third-order valence-electron chi connectivity index (χ3n) is 0.892. The molecule has 0 spiro atoms. The van der Waals surface area contributed by atoms with Gasteiger partial charge in [-0.25, -0.2) is 5.32 Å². The summed E-state index contributed by atoms with van der Waals surface area (Å²) in [5, 5.41) is 11.6. The Morgan fingerprint density at radius 3 is 2.89 bits per heavy atom. The second-order valence-corrected chi connectivity index (χ2v) is 1.47. The highest BCUT2D eigenvalue weighted by molar-refractivity contribution is 5.98. The van der Waals surface area contributed by atoms with E-state index in [1.165, 1.54) is 12.3 Å². The van der Waals surface area contributed by atoms with Gasteiger partial charge in [-0.1, -0.05) is 0 Å². The Morgan fingerprint density at radius 1 is 1.67 bits per heavy atom. The Balaban J connectivity index is 2.91. The number of carbonyl (C=O) groups excluding carboxylic acids is 1. The van der Waals surface area contributed by atoms with Gasteiger partial charge in [-0.05, 0) is 12.2 Å². The molecule has 0 N–H and O–H groups in total. The largest absolute Gasteiger partial charge is 0.287 e. The standard InChI is InChI=1S/C6H3N2O/c7-4-5-2-1-3-8-6(5)9/h1-3H. The van der Waals surface area contributed by atoms with E-state index in [9.17, 15) is 4.79 Å². The van der Waals surface area contributed by atoms with Crippen LogP contribution in [0.25, 0.3) is 0 Å². The van der Waals surface area contributed by atoms with Crippen LogP contribution in [-0.2, 0) is 4.79 Å². The second-order valence-electron chi connectivity index (χ2n) is 1.47. The molecule has 0 atom stereocenters. The van der Waals surface area contributed by atoms with Crippen molar-refractivity contribution in [2.24, 2.45) is 0 Å². The maximum Gasteiger partial charge on any atom is 0.287 e. The van der Waals surface area contributed by atoms with Gasteiger partial charge in [0.2, 0.25) is 0 Å². The highest BCUT2D eigenvalue weighted by atomic mass is 16.1. The van der Waals surface area contributed by atoms with E-state index in [4.69, 9.17) is 5.26 Å². The van der Waals surface area contributed by atoms with Crippen LogP contribution in [0, 0.1) is 11.3 Å². The maximum atomic E-state index is 10.5. The van der Waals surface area contributed by atoms with E-state index in [0.29, 0.717) is 0 Å². The van der Waals surface area contributed by atoms with Crippen LogP contribution >= 0.6 is 0 Å². The van der Waals surface area contributed by atoms with Crippen molar-refractivity contribution in [1.82, 2.24) is 5.32 Å². The summed E-state index contributed by atoms with van der Waals surface area (Å²) in [6.07, 6.45) is 4.36. The fraction of sp³-hybridized carbons (Fsp3) is 0. The van der Waals surface area contributed by atoms with Crippen LogP contribution in [0.3, 0.4) is 0 Å². The minimum absolute atomic E-state index is 0.0949. The van der Waals surface area contributed by atoms with Crippen LogP contribution in [-0.4, -0.2) is 5.91 Å². The lowest BCUT2D eigenvalue weighted by molar-refractivity contribution is -0.116. The molecule has 1 rings (SSSR count). The van der Waals surface area contributed by atoms with E-state index in [0.717, 1.165) is 0 Å². The number of amides is 1. The van der Waals surface area contributed by atoms with Gasteiger partial charge < -0.3 is 0 Å². The smallest absolute Gasteiger partial charge is 0.266 e. The Bertz CT molecular complexity index is 232. The minimum Gasteiger partial charge on any atom is -0.266 e. The zero-order valence-electron chi connectivity index (χ0n) is 4.53. The van der Waals surface area contributed by atoms with Crippen molar-refractivity contribution in [1.29, 1.82) is 5.26 Å². The van der Waals surface area contributed by atoms with Crippen LogP contribution < -0.4 is 5.32 Å². The monoisotopic (exact) mass is 119 g/mol. The van der Waals surface area contributed by atoms with Gasteiger partial charge in [0.05, 0.1) is 0 Å². The number of carbonyl (C=O) groups is 1. The molecule has 0 saturated carbocycles. The Morgan fingerprint density at radius 2 is 2.44 bits per heavy atom. The van der Waals surface area contributed by atoms with Crippen molar-refractivity contribution in [3.8, 4) is 6.07 Å². The molecule has 3 heteroatoms. The molecular weight excluding hydrogens is 116 g/mol. The van der Waals surface area contributed by atoms with E-state index in [2.05, 4.69) is 5.32 Å². The van der Waals surface area contributed by atoms with Gasteiger partial charge in [0, 0.05) is 6.20 Å². The molecule has 0 unspecified atom stereocenters. The Kier molecular flexibility index (Phi) is 1.32. The van der Waals surface area contributed by atoms with E-state index in [-0.39, 0.29) is 5.57 Å². The summed E-state index contributed by atoms with van der Waals surface area (Å²) in [5.41, 5.74) is 0.0949. The Hall–Kier alpha value is -1.56. The van der Waals surface area contributed by atoms with Crippen molar-refractivity contribution >= 4 is 5.91 Å². The van der Waals surface area contributed by atoms with Gasteiger partial charge in [0.25, 0.3) is 5.91 Å². The molecule has 1 amide bonds. The van der Waals surface area contributed by atoms with Gasteiger partial charge in [-0.2, -0.15) is 5.26 Å². The average Bonchev–Trinajstić information content (AvgIpc) is 1.89. The summed E-state index contributed by atoms with van der Waals surface area (Å²) in [7, 11) is 0. The second kappa shape index (κ2) is 2.14. The fourth-order valence-corrected chi connectivity index (χ4v) is 0.476. The predicted octanol–water partition coefficient (Wildman–Crippen LogP) is 0.0947. The first-order chi connectivity index (χ1) is 4.34. The molecule has 1 heterocycles. The molecular formula is C6H3N2O. The summed E-state index contributed by atoms with van der Waals surface area (Å²) in [4.78, 5) is 10.5. The summed E-state index contributed by atoms with van der Waals surface area (Å²) in [5.74, 6) is -0.458. The van der Waals surface area contributed by atoms with Crippen LogP contribution in [0.4, 0.5) is 0 Å². The van der Waals surface area contributed by atoms with Crippen LogP contribution in [0.1, 0.15) is 0 Å². The first kappa shape index (κ1) is 5.57. The highest BCUT2D eigenvalue weighted by Crippen LogP contribution is 1.98. The predicted molar refractivity (Wildman–Crippen MR) is 30.0 cm³/mol. The number of nitriles is 1. The zero-order chi connectivity index (χ0) is 6.69. The van der Waals surface area contributed by atoms with E-state index in [1.54, 1.807) is 12.1 Å². The molecule has 3 nitrogen and oxygen atoms in total. The van der Waals surface area contributed by atoms with Crippen molar-refractivity contribution < 1.29 is 4.79 Å². The SMILES string of the molecule is N#CC1=CC=C[N]C1=O. The fourth-order valence-electron chi connectivity index (χ4n) is 0.476. The molecule has 9 heavy (non-hydrogen) atoms. The molecule has 0 aliphatic carbocycles. The summed E-state index contributed by atoms with van der Waals surface area (Å²) in [6.45, 7) is 0. The highest BCUT2D eigenvalue weighted by Gasteiger charge is 2.08. The molecule has 0 aromatic heterocycles. The quantitative estimate of drug-likeness (QED) is 0.454. The zero-order valence-corrected chi connectivity index (χ0v) is 4.53. The van der Waals surface area contributed by atoms with Crippen LogP contribution in [0.2, 0.25) is 0 Å². The third-order valence-corrected chi connectivity index (χ3v) is 0.892. The van der Waals surface area contributed by atoms with Gasteiger partial charge >= 0.3 is 0 Å². The molecule has 0 saturated heterocycles. The normalized spacial score (nSPS) is 15.9. The third kappa shape index (κ3) is 0.970. The Labute approximate surface area is 52.3 Å². The number of hydrogen-bond acceptors (Lipinski definition) is 2. The topological polar surface area (TPSA) is 55.0 Å². The van der Waals surface area contributed by atoms with Gasteiger partial charge in [0.1, 0.15) is 11.6 Å².